The molecule has 0 aliphatic carbocycles. The molecule has 0 bridgehead atoms. The van der Waals surface area contributed by atoms with Crippen molar-refractivity contribution in [2.75, 3.05) is 0 Å². The second-order valence-electron chi connectivity index (χ2n) is 11.8. The summed E-state index contributed by atoms with van der Waals surface area (Å²) in [6.07, 6.45) is 8.25. The molecule has 0 atom stereocenters. The van der Waals surface area contributed by atoms with Gasteiger partial charge in [-0.1, -0.05) is 48.5 Å². The van der Waals surface area contributed by atoms with E-state index in [4.69, 9.17) is 0 Å². The number of aromatic nitrogens is 10. The van der Waals surface area contributed by atoms with Crippen LogP contribution in [0, 0.1) is 25.5 Å². The van der Waals surface area contributed by atoms with Gasteiger partial charge in [0, 0.05) is 47.3 Å². The van der Waals surface area contributed by atoms with E-state index in [2.05, 4.69) is 40.1 Å². The van der Waals surface area contributed by atoms with Crippen LogP contribution in [0.1, 0.15) is 22.5 Å². The van der Waals surface area contributed by atoms with Crippen LogP contribution in [-0.2, 0) is 13.1 Å². The van der Waals surface area contributed by atoms with Crippen molar-refractivity contribution >= 4 is 0 Å². The van der Waals surface area contributed by atoms with Crippen LogP contribution < -0.4 is 0 Å². The van der Waals surface area contributed by atoms with Crippen LogP contribution in [0.2, 0.25) is 0 Å². The van der Waals surface area contributed by atoms with Crippen LogP contribution in [0.4, 0.5) is 8.78 Å². The second kappa shape index (κ2) is 15.4. The molecule has 2 aromatic carbocycles. The van der Waals surface area contributed by atoms with Gasteiger partial charge in [0.15, 0.2) is 5.82 Å². The van der Waals surface area contributed by atoms with E-state index in [1.54, 1.807) is 70.7 Å². The highest BCUT2D eigenvalue weighted by atomic mass is 19.1. The van der Waals surface area contributed by atoms with Crippen LogP contribution in [0.3, 0.4) is 0 Å². The first-order valence-corrected chi connectivity index (χ1v) is 16.5. The summed E-state index contributed by atoms with van der Waals surface area (Å²) in [5, 5.41) is 9.26. The normalized spacial score (nSPS) is 10.8. The number of pyridine rings is 2. The van der Waals surface area contributed by atoms with Crippen molar-refractivity contribution in [2.45, 2.75) is 26.9 Å². The molecule has 0 N–H and O–H groups in total. The molecule has 0 radical (unpaired) electrons. The zero-order valence-electron chi connectivity index (χ0n) is 28.3. The topological polar surface area (TPSA) is 113 Å². The minimum Gasteiger partial charge on any atom is -0.261 e. The van der Waals surface area contributed by atoms with Crippen molar-refractivity contribution in [1.82, 2.24) is 49.5 Å². The lowest BCUT2D eigenvalue weighted by atomic mass is 10.2. The van der Waals surface area contributed by atoms with E-state index in [1.807, 2.05) is 74.5 Å². The smallest absolute Gasteiger partial charge is 0.180 e. The summed E-state index contributed by atoms with van der Waals surface area (Å²) in [6, 6.07) is 30.5. The number of hydrogen-bond donors (Lipinski definition) is 0. The zero-order valence-corrected chi connectivity index (χ0v) is 28.3. The maximum Gasteiger partial charge on any atom is 0.180 e. The van der Waals surface area contributed by atoms with Crippen molar-refractivity contribution in [3.05, 3.63) is 168 Å². The number of benzene rings is 2. The molecule has 8 rings (SSSR count). The molecule has 8 aromatic rings. The van der Waals surface area contributed by atoms with Gasteiger partial charge in [-0.2, -0.15) is 10.2 Å². The van der Waals surface area contributed by atoms with Gasteiger partial charge in [-0.3, -0.25) is 29.3 Å². The predicted molar refractivity (Wildman–Crippen MR) is 193 cm³/mol. The highest BCUT2D eigenvalue weighted by Gasteiger charge is 2.17. The largest absolute Gasteiger partial charge is 0.261 e. The molecular formula is C40H32F2N10. The van der Waals surface area contributed by atoms with Crippen LogP contribution in [0.15, 0.2) is 134 Å². The van der Waals surface area contributed by atoms with Gasteiger partial charge in [0.2, 0.25) is 0 Å². The van der Waals surface area contributed by atoms with E-state index in [0.29, 0.717) is 47.1 Å². The Morgan fingerprint density at radius 2 is 1.06 bits per heavy atom. The molecule has 0 spiro atoms. The quantitative estimate of drug-likeness (QED) is 0.159. The van der Waals surface area contributed by atoms with Gasteiger partial charge in [0.25, 0.3) is 0 Å². The molecule has 0 fully saturated rings. The molecule has 6 aromatic heterocycles. The minimum atomic E-state index is -0.261. The van der Waals surface area contributed by atoms with E-state index in [1.165, 1.54) is 12.1 Å². The lowest BCUT2D eigenvalue weighted by Gasteiger charge is -2.08. The van der Waals surface area contributed by atoms with Crippen molar-refractivity contribution < 1.29 is 8.78 Å². The van der Waals surface area contributed by atoms with Crippen LogP contribution in [0.25, 0.3) is 45.7 Å². The van der Waals surface area contributed by atoms with Crippen LogP contribution >= 0.6 is 0 Å². The Morgan fingerprint density at radius 3 is 1.65 bits per heavy atom. The monoisotopic (exact) mass is 690 g/mol. The highest BCUT2D eigenvalue weighted by Crippen LogP contribution is 2.26. The van der Waals surface area contributed by atoms with Crippen molar-refractivity contribution in [3.63, 3.8) is 0 Å². The van der Waals surface area contributed by atoms with Gasteiger partial charge in [0.05, 0.1) is 42.1 Å². The summed E-state index contributed by atoms with van der Waals surface area (Å²) in [5.41, 5.74) is 8.04. The van der Waals surface area contributed by atoms with E-state index in [-0.39, 0.29) is 11.6 Å². The Hall–Kier alpha value is -6.82. The Morgan fingerprint density at radius 1 is 0.500 bits per heavy atom. The lowest BCUT2D eigenvalue weighted by molar-refractivity contribution is 0.587. The minimum absolute atomic E-state index is 0.260. The van der Waals surface area contributed by atoms with Gasteiger partial charge in [-0.05, 0) is 68.4 Å². The second-order valence-corrected chi connectivity index (χ2v) is 11.8. The SMILES string of the molecule is Cc1cccc(-c2cc(-c3cnccn3)n(Cc3ccccc3F)n2)n1.Cc1cccc(-c2cc(-c3ncccn3)nn2Cc2ccccc2F)n1. The van der Waals surface area contributed by atoms with Gasteiger partial charge in [-0.15, -0.1) is 0 Å². The number of nitrogens with zero attached hydrogens (tertiary/aromatic N) is 10. The van der Waals surface area contributed by atoms with E-state index < -0.39 is 0 Å². The molecule has 0 aliphatic rings. The standard InChI is InChI=1S/2C20H16FN5/c1-14-6-4-9-17(24-14)19-12-18(20-22-10-5-11-23-20)25-26(19)13-15-7-2-3-8-16(15)21;1-14-5-4-8-17(24-14)18-11-20(19-12-22-9-10-23-19)26(25-18)13-15-6-2-3-7-16(15)21/h2*2-12H,13H2,1H3. The van der Waals surface area contributed by atoms with Crippen molar-refractivity contribution in [3.8, 4) is 45.7 Å². The average Bonchev–Trinajstić information content (AvgIpc) is 3.79. The fourth-order valence-electron chi connectivity index (χ4n) is 5.53. The molecule has 52 heavy (non-hydrogen) atoms. The molecule has 0 saturated heterocycles. The summed E-state index contributed by atoms with van der Waals surface area (Å²) in [6.45, 7) is 4.46. The Bertz CT molecular complexity index is 2430. The van der Waals surface area contributed by atoms with Crippen molar-refractivity contribution in [1.29, 1.82) is 0 Å². The van der Waals surface area contributed by atoms with Gasteiger partial charge >= 0.3 is 0 Å². The first-order valence-electron chi connectivity index (χ1n) is 16.5. The third-order valence-electron chi connectivity index (χ3n) is 8.04. The molecule has 0 aliphatic heterocycles. The zero-order chi connectivity index (χ0) is 35.9. The van der Waals surface area contributed by atoms with Crippen LogP contribution in [0.5, 0.6) is 0 Å². The molecule has 0 unspecified atom stereocenters. The summed E-state index contributed by atoms with van der Waals surface area (Å²) in [4.78, 5) is 26.1. The lowest BCUT2D eigenvalue weighted by Crippen LogP contribution is -2.06. The van der Waals surface area contributed by atoms with Gasteiger partial charge in [-0.25, -0.2) is 18.7 Å². The maximum atomic E-state index is 14.1. The number of hydrogen-bond acceptors (Lipinski definition) is 8. The van der Waals surface area contributed by atoms with Crippen LogP contribution in [-0.4, -0.2) is 49.5 Å². The number of rotatable bonds is 8. The first-order chi connectivity index (χ1) is 25.4. The first kappa shape index (κ1) is 33.7. The molecule has 0 amide bonds. The summed E-state index contributed by atoms with van der Waals surface area (Å²) >= 11 is 0. The molecular weight excluding hydrogens is 659 g/mol. The van der Waals surface area contributed by atoms with E-state index in [9.17, 15) is 8.78 Å². The summed E-state index contributed by atoms with van der Waals surface area (Å²) < 4.78 is 31.7. The molecule has 6 heterocycles. The fraction of sp³-hybridized carbons (Fsp3) is 0.100. The third kappa shape index (κ3) is 7.81. The number of halogens is 2. The summed E-state index contributed by atoms with van der Waals surface area (Å²) in [7, 11) is 0. The average molecular weight is 691 g/mol. The van der Waals surface area contributed by atoms with E-state index >= 15 is 0 Å². The third-order valence-corrected chi connectivity index (χ3v) is 8.04. The Balaban J connectivity index is 0.000000162. The van der Waals surface area contributed by atoms with Gasteiger partial charge < -0.3 is 0 Å². The predicted octanol–water partition coefficient (Wildman–Crippen LogP) is 7.80. The van der Waals surface area contributed by atoms with Gasteiger partial charge in [0.1, 0.15) is 28.7 Å². The van der Waals surface area contributed by atoms with E-state index in [0.717, 1.165) is 34.2 Å². The Labute approximate surface area is 298 Å². The molecule has 12 heteroatoms. The highest BCUT2D eigenvalue weighted by molar-refractivity contribution is 5.65. The molecule has 0 saturated carbocycles. The summed E-state index contributed by atoms with van der Waals surface area (Å²) in [5.74, 6) is 0.000626. The molecule has 10 nitrogen and oxygen atoms in total. The number of aryl methyl sites for hydroxylation is 2. The maximum absolute atomic E-state index is 14.1. The van der Waals surface area contributed by atoms with Crippen molar-refractivity contribution in [2.24, 2.45) is 0 Å². The fourth-order valence-corrected chi connectivity index (χ4v) is 5.53. The Kier molecular flexibility index (Phi) is 9.96. The molecule has 256 valence electrons.